The predicted molar refractivity (Wildman–Crippen MR) is 110 cm³/mol. The first-order valence-electron chi connectivity index (χ1n) is 9.50. The van der Waals surface area contributed by atoms with Crippen molar-refractivity contribution in [1.29, 1.82) is 0 Å². The summed E-state index contributed by atoms with van der Waals surface area (Å²) >= 11 is 0. The van der Waals surface area contributed by atoms with Crippen LogP contribution in [0, 0.1) is 6.92 Å². The van der Waals surface area contributed by atoms with E-state index in [1.165, 1.54) is 0 Å². The van der Waals surface area contributed by atoms with Crippen LogP contribution in [0.3, 0.4) is 0 Å². The van der Waals surface area contributed by atoms with Gasteiger partial charge in [0.1, 0.15) is 5.82 Å². The number of ether oxygens (including phenoxy) is 1. The molecule has 1 aromatic carbocycles. The normalized spacial score (nSPS) is 10.7. The number of rotatable bonds is 8. The predicted octanol–water partition coefficient (Wildman–Crippen LogP) is 2.54. The third-order valence-electron chi connectivity index (χ3n) is 4.57. The van der Waals surface area contributed by atoms with Crippen LogP contribution in [0.1, 0.15) is 29.3 Å². The number of amides is 1. The van der Waals surface area contributed by atoms with E-state index >= 15 is 0 Å². The molecule has 0 atom stereocenters. The zero-order valence-corrected chi connectivity index (χ0v) is 16.6. The summed E-state index contributed by atoms with van der Waals surface area (Å²) in [6.07, 6.45) is 3.24. The maximum absolute atomic E-state index is 12.5. The first-order valence-corrected chi connectivity index (χ1v) is 9.50. The highest BCUT2D eigenvalue weighted by molar-refractivity contribution is 5.78. The monoisotopic (exact) mass is 392 g/mol. The molecule has 0 saturated heterocycles. The molecule has 0 aliphatic carbocycles. The van der Waals surface area contributed by atoms with Crippen molar-refractivity contribution >= 4 is 5.91 Å². The van der Waals surface area contributed by atoms with Crippen LogP contribution in [-0.2, 0) is 29.1 Å². The van der Waals surface area contributed by atoms with E-state index in [2.05, 4.69) is 20.3 Å². The van der Waals surface area contributed by atoms with Gasteiger partial charge < -0.3 is 15.0 Å². The van der Waals surface area contributed by atoms with Crippen LogP contribution in [0.2, 0.25) is 0 Å². The molecule has 2 heterocycles. The Hall–Kier alpha value is -3.32. The lowest BCUT2D eigenvalue weighted by Crippen LogP contribution is -2.29. The first-order chi connectivity index (χ1) is 14.1. The highest BCUT2D eigenvalue weighted by Crippen LogP contribution is 2.13. The SMILES string of the molecule is CCOCc1ccccc1CNC(=O)Cc1c(C)nc(-c2ccncc2)[nH]c1=O. The van der Waals surface area contributed by atoms with Gasteiger partial charge in [-0.3, -0.25) is 14.6 Å². The van der Waals surface area contributed by atoms with Gasteiger partial charge in [0.05, 0.1) is 13.0 Å². The molecule has 2 N–H and O–H groups in total. The van der Waals surface area contributed by atoms with Crippen molar-refractivity contribution < 1.29 is 9.53 Å². The van der Waals surface area contributed by atoms with Gasteiger partial charge >= 0.3 is 0 Å². The Morgan fingerprint density at radius 2 is 1.86 bits per heavy atom. The average Bonchev–Trinajstić information content (AvgIpc) is 2.74. The minimum absolute atomic E-state index is 0.0293. The Labute approximate surface area is 169 Å². The zero-order chi connectivity index (χ0) is 20.6. The van der Waals surface area contributed by atoms with Gasteiger partial charge in [-0.1, -0.05) is 24.3 Å². The first kappa shape index (κ1) is 20.4. The Morgan fingerprint density at radius 1 is 1.14 bits per heavy atom. The minimum atomic E-state index is -0.309. The third-order valence-corrected chi connectivity index (χ3v) is 4.57. The fourth-order valence-electron chi connectivity index (χ4n) is 2.96. The van der Waals surface area contributed by atoms with E-state index in [9.17, 15) is 9.59 Å². The molecule has 3 aromatic rings. The van der Waals surface area contributed by atoms with Crippen molar-refractivity contribution in [3.8, 4) is 11.4 Å². The molecule has 0 unspecified atom stereocenters. The number of aromatic amines is 1. The summed E-state index contributed by atoms with van der Waals surface area (Å²) in [6.45, 7) is 5.19. The molecule has 0 bridgehead atoms. The largest absolute Gasteiger partial charge is 0.377 e. The topological polar surface area (TPSA) is 97.0 Å². The quantitative estimate of drug-likeness (QED) is 0.614. The van der Waals surface area contributed by atoms with Crippen molar-refractivity contribution in [3.63, 3.8) is 0 Å². The standard InChI is InChI=1S/C22H24N4O3/c1-3-29-14-18-7-5-4-6-17(18)13-24-20(27)12-19-15(2)25-21(26-22(19)28)16-8-10-23-11-9-16/h4-11H,3,12-14H2,1-2H3,(H,24,27)(H,25,26,28). The van der Waals surface area contributed by atoms with E-state index < -0.39 is 0 Å². The molecular formula is C22H24N4O3. The second kappa shape index (κ2) is 9.75. The summed E-state index contributed by atoms with van der Waals surface area (Å²) in [7, 11) is 0. The summed E-state index contributed by atoms with van der Waals surface area (Å²) in [4.78, 5) is 36.1. The summed E-state index contributed by atoms with van der Waals surface area (Å²) in [6, 6.07) is 11.3. The molecule has 0 aliphatic heterocycles. The number of carbonyl (C=O) groups excluding carboxylic acids is 1. The van der Waals surface area contributed by atoms with Crippen LogP contribution in [0.15, 0.2) is 53.6 Å². The van der Waals surface area contributed by atoms with Crippen LogP contribution in [-0.4, -0.2) is 27.5 Å². The summed E-state index contributed by atoms with van der Waals surface area (Å²) in [5.74, 6) is 0.229. The minimum Gasteiger partial charge on any atom is -0.377 e. The van der Waals surface area contributed by atoms with Gasteiger partial charge in [-0.2, -0.15) is 0 Å². The smallest absolute Gasteiger partial charge is 0.255 e. The van der Waals surface area contributed by atoms with Crippen molar-refractivity contribution in [2.45, 2.75) is 33.4 Å². The Bertz CT molecular complexity index is 1030. The molecule has 2 aromatic heterocycles. The molecule has 0 spiro atoms. The van der Waals surface area contributed by atoms with Crippen LogP contribution in [0.4, 0.5) is 0 Å². The molecule has 150 valence electrons. The Kier molecular flexibility index (Phi) is 6.86. The number of nitrogens with one attached hydrogen (secondary N) is 2. The Morgan fingerprint density at radius 3 is 2.55 bits per heavy atom. The van der Waals surface area contributed by atoms with Crippen LogP contribution < -0.4 is 10.9 Å². The lowest BCUT2D eigenvalue weighted by atomic mass is 10.1. The van der Waals surface area contributed by atoms with Crippen molar-refractivity contribution in [1.82, 2.24) is 20.3 Å². The zero-order valence-electron chi connectivity index (χ0n) is 16.6. The van der Waals surface area contributed by atoms with Crippen LogP contribution >= 0.6 is 0 Å². The van der Waals surface area contributed by atoms with Gasteiger partial charge in [-0.25, -0.2) is 4.98 Å². The number of carbonyl (C=O) groups is 1. The molecular weight excluding hydrogens is 368 g/mol. The number of hydrogen-bond donors (Lipinski definition) is 2. The average molecular weight is 392 g/mol. The van der Waals surface area contributed by atoms with Gasteiger partial charge in [0.25, 0.3) is 5.56 Å². The van der Waals surface area contributed by atoms with Gasteiger partial charge in [0.15, 0.2) is 0 Å². The van der Waals surface area contributed by atoms with E-state index in [0.717, 1.165) is 16.7 Å². The molecule has 1 amide bonds. The van der Waals surface area contributed by atoms with Gasteiger partial charge in [-0.15, -0.1) is 0 Å². The van der Waals surface area contributed by atoms with E-state index in [0.29, 0.717) is 36.8 Å². The number of nitrogens with zero attached hydrogens (tertiary/aromatic N) is 2. The van der Waals surface area contributed by atoms with E-state index in [-0.39, 0.29) is 17.9 Å². The maximum atomic E-state index is 12.5. The second-order valence-electron chi connectivity index (χ2n) is 6.57. The van der Waals surface area contributed by atoms with E-state index in [1.807, 2.05) is 31.2 Å². The lowest BCUT2D eigenvalue weighted by Gasteiger charge is -2.11. The molecule has 29 heavy (non-hydrogen) atoms. The number of aromatic nitrogens is 3. The van der Waals surface area contributed by atoms with E-state index in [4.69, 9.17) is 4.74 Å². The molecule has 3 rings (SSSR count). The molecule has 0 fully saturated rings. The number of hydrogen-bond acceptors (Lipinski definition) is 5. The van der Waals surface area contributed by atoms with E-state index in [1.54, 1.807) is 31.5 Å². The van der Waals surface area contributed by atoms with Crippen molar-refractivity contribution in [2.24, 2.45) is 0 Å². The molecule has 7 heteroatoms. The fraction of sp³-hybridized carbons (Fsp3) is 0.273. The number of aryl methyl sites for hydroxylation is 1. The summed E-state index contributed by atoms with van der Waals surface area (Å²) in [5.41, 5.74) is 3.38. The molecule has 0 aliphatic rings. The summed E-state index contributed by atoms with van der Waals surface area (Å²) in [5, 5.41) is 2.88. The van der Waals surface area contributed by atoms with Crippen LogP contribution in [0.25, 0.3) is 11.4 Å². The number of H-pyrrole nitrogens is 1. The fourth-order valence-corrected chi connectivity index (χ4v) is 2.96. The molecule has 0 saturated carbocycles. The molecule has 0 radical (unpaired) electrons. The Balaban J connectivity index is 1.68. The highest BCUT2D eigenvalue weighted by Gasteiger charge is 2.14. The lowest BCUT2D eigenvalue weighted by molar-refractivity contribution is -0.120. The second-order valence-corrected chi connectivity index (χ2v) is 6.57. The number of pyridine rings is 1. The van der Waals surface area contributed by atoms with Gasteiger partial charge in [-0.05, 0) is 37.1 Å². The van der Waals surface area contributed by atoms with Crippen molar-refractivity contribution in [3.05, 3.63) is 81.5 Å². The maximum Gasteiger partial charge on any atom is 0.255 e. The highest BCUT2D eigenvalue weighted by atomic mass is 16.5. The number of benzene rings is 1. The van der Waals surface area contributed by atoms with Gasteiger partial charge in [0, 0.05) is 42.4 Å². The third kappa shape index (κ3) is 5.36. The van der Waals surface area contributed by atoms with Gasteiger partial charge in [0.2, 0.25) is 5.91 Å². The van der Waals surface area contributed by atoms with Crippen molar-refractivity contribution in [2.75, 3.05) is 6.61 Å². The molecule has 7 nitrogen and oxygen atoms in total. The van der Waals surface area contributed by atoms with Crippen LogP contribution in [0.5, 0.6) is 0 Å². The summed E-state index contributed by atoms with van der Waals surface area (Å²) < 4.78 is 5.47.